The molecule has 0 saturated carbocycles. The number of hydrazone groups is 1. The van der Waals surface area contributed by atoms with E-state index in [1.54, 1.807) is 0 Å². The average Bonchev–Trinajstić information content (AvgIpc) is 2.51. The number of nitrogens with one attached hydrogen (secondary N) is 2. The van der Waals surface area contributed by atoms with Crippen molar-refractivity contribution in [3.05, 3.63) is 64.7 Å². The Labute approximate surface area is 143 Å². The van der Waals surface area contributed by atoms with Crippen LogP contribution in [0.25, 0.3) is 0 Å². The molecule has 24 heavy (non-hydrogen) atoms. The molecule has 0 aliphatic heterocycles. The summed E-state index contributed by atoms with van der Waals surface area (Å²) in [5.74, 6) is 0. The number of hydrogen-bond acceptors (Lipinski definition) is 2. The lowest BCUT2D eigenvalue weighted by molar-refractivity contribution is -0.137. The molecule has 0 radical (unpaired) electrons. The summed E-state index contributed by atoms with van der Waals surface area (Å²) in [6.07, 6.45) is -3.09. The summed E-state index contributed by atoms with van der Waals surface area (Å²) in [6.45, 7) is 3.95. The molecule has 0 unspecified atom stereocenters. The molecule has 2 rings (SSSR count). The molecule has 0 aromatic heterocycles. The third-order valence-corrected chi connectivity index (χ3v) is 3.64. The minimum Gasteiger partial charge on any atom is -0.331 e. The highest BCUT2D eigenvalue weighted by atomic mass is 32.1. The lowest BCUT2D eigenvalue weighted by Gasteiger charge is -2.11. The second-order valence-electron chi connectivity index (χ2n) is 5.19. The maximum atomic E-state index is 12.6. The number of hydrogen-bond donors (Lipinski definition) is 2. The standard InChI is InChI=1S/C17H16F3N3S/c1-11-5-3-8-15(12(11)2)22-16(24)23-21-10-13-6-4-7-14(9-13)17(18,19)20/h3-10H,1-2H3,(H2,22,23,24)/b21-10-. The highest BCUT2D eigenvalue weighted by Crippen LogP contribution is 2.29. The largest absolute Gasteiger partial charge is 0.416 e. The second-order valence-corrected chi connectivity index (χ2v) is 5.60. The summed E-state index contributed by atoms with van der Waals surface area (Å²) in [5.41, 5.74) is 5.23. The number of benzene rings is 2. The van der Waals surface area contributed by atoms with E-state index in [-0.39, 0.29) is 5.11 Å². The molecule has 0 heterocycles. The zero-order valence-electron chi connectivity index (χ0n) is 13.1. The molecular formula is C17H16F3N3S. The Balaban J connectivity index is 1.99. The molecule has 0 bridgehead atoms. The summed E-state index contributed by atoms with van der Waals surface area (Å²) in [6, 6.07) is 10.7. The lowest BCUT2D eigenvalue weighted by atomic mass is 10.1. The Morgan fingerprint density at radius 3 is 2.54 bits per heavy atom. The molecule has 0 aliphatic carbocycles. The molecule has 2 aromatic carbocycles. The normalized spacial score (nSPS) is 11.5. The van der Waals surface area contributed by atoms with Crippen molar-refractivity contribution in [2.75, 3.05) is 5.32 Å². The minimum atomic E-state index is -4.38. The Hall–Kier alpha value is -2.41. The van der Waals surface area contributed by atoms with Crippen LogP contribution in [0.2, 0.25) is 0 Å². The van der Waals surface area contributed by atoms with Gasteiger partial charge in [-0.2, -0.15) is 18.3 Å². The smallest absolute Gasteiger partial charge is 0.331 e. The van der Waals surface area contributed by atoms with Crippen LogP contribution in [0.4, 0.5) is 18.9 Å². The average molecular weight is 351 g/mol. The van der Waals surface area contributed by atoms with Crippen LogP contribution in [-0.2, 0) is 6.18 Å². The van der Waals surface area contributed by atoms with E-state index < -0.39 is 11.7 Å². The van der Waals surface area contributed by atoms with Crippen LogP contribution >= 0.6 is 12.2 Å². The Morgan fingerprint density at radius 2 is 1.83 bits per heavy atom. The van der Waals surface area contributed by atoms with E-state index in [1.807, 2.05) is 32.0 Å². The van der Waals surface area contributed by atoms with Crippen molar-refractivity contribution < 1.29 is 13.2 Å². The first kappa shape index (κ1) is 17.9. The van der Waals surface area contributed by atoms with Gasteiger partial charge in [-0.1, -0.05) is 24.3 Å². The second kappa shape index (κ2) is 7.44. The first-order chi connectivity index (χ1) is 11.3. The molecule has 0 spiro atoms. The molecule has 3 nitrogen and oxygen atoms in total. The van der Waals surface area contributed by atoms with Gasteiger partial charge in [-0.25, -0.2) is 0 Å². The van der Waals surface area contributed by atoms with Crippen molar-refractivity contribution in [2.45, 2.75) is 20.0 Å². The van der Waals surface area contributed by atoms with Gasteiger partial charge >= 0.3 is 6.18 Å². The number of nitrogens with zero attached hydrogens (tertiary/aromatic N) is 1. The van der Waals surface area contributed by atoms with E-state index in [2.05, 4.69) is 15.8 Å². The van der Waals surface area contributed by atoms with Crippen molar-refractivity contribution in [2.24, 2.45) is 5.10 Å². The van der Waals surface area contributed by atoms with Gasteiger partial charge in [-0.05, 0) is 61.0 Å². The van der Waals surface area contributed by atoms with Crippen LogP contribution in [0, 0.1) is 13.8 Å². The summed E-state index contributed by atoms with van der Waals surface area (Å²) in [4.78, 5) is 0. The third-order valence-electron chi connectivity index (χ3n) is 3.45. The van der Waals surface area contributed by atoms with Crippen molar-refractivity contribution in [3.63, 3.8) is 0 Å². The summed E-state index contributed by atoms with van der Waals surface area (Å²) >= 11 is 5.12. The van der Waals surface area contributed by atoms with Crippen LogP contribution in [0.1, 0.15) is 22.3 Å². The Morgan fingerprint density at radius 1 is 1.12 bits per heavy atom. The first-order valence-electron chi connectivity index (χ1n) is 7.11. The molecule has 0 aliphatic rings. The van der Waals surface area contributed by atoms with Gasteiger partial charge in [-0.15, -0.1) is 0 Å². The minimum absolute atomic E-state index is 0.256. The zero-order chi connectivity index (χ0) is 17.7. The fourth-order valence-corrected chi connectivity index (χ4v) is 2.16. The summed E-state index contributed by atoms with van der Waals surface area (Å²) < 4.78 is 37.9. The van der Waals surface area contributed by atoms with E-state index in [4.69, 9.17) is 12.2 Å². The van der Waals surface area contributed by atoms with E-state index in [0.29, 0.717) is 5.56 Å². The number of anilines is 1. The van der Waals surface area contributed by atoms with E-state index in [1.165, 1.54) is 18.3 Å². The van der Waals surface area contributed by atoms with Gasteiger partial charge in [0.2, 0.25) is 0 Å². The number of rotatable bonds is 3. The highest BCUT2D eigenvalue weighted by Gasteiger charge is 2.30. The van der Waals surface area contributed by atoms with Crippen molar-refractivity contribution in [1.29, 1.82) is 0 Å². The molecule has 0 amide bonds. The number of halogens is 3. The van der Waals surface area contributed by atoms with E-state index >= 15 is 0 Å². The predicted octanol–water partition coefficient (Wildman–Crippen LogP) is 4.64. The topological polar surface area (TPSA) is 36.4 Å². The fraction of sp³-hybridized carbons (Fsp3) is 0.176. The van der Waals surface area contributed by atoms with Gasteiger partial charge in [0.15, 0.2) is 5.11 Å². The van der Waals surface area contributed by atoms with Gasteiger partial charge in [0.05, 0.1) is 11.8 Å². The van der Waals surface area contributed by atoms with E-state index in [0.717, 1.165) is 28.9 Å². The quantitative estimate of drug-likeness (QED) is 0.480. The fourth-order valence-electron chi connectivity index (χ4n) is 2.00. The molecule has 7 heteroatoms. The SMILES string of the molecule is Cc1cccc(NC(=S)N/N=C\c2cccc(C(F)(F)F)c2)c1C. The van der Waals surface area contributed by atoms with Gasteiger partial charge in [0.1, 0.15) is 0 Å². The summed E-state index contributed by atoms with van der Waals surface area (Å²) in [7, 11) is 0. The zero-order valence-corrected chi connectivity index (χ0v) is 13.9. The van der Waals surface area contributed by atoms with Crippen LogP contribution in [0.15, 0.2) is 47.6 Å². The van der Waals surface area contributed by atoms with Crippen LogP contribution < -0.4 is 10.7 Å². The third kappa shape index (κ3) is 4.79. The maximum absolute atomic E-state index is 12.6. The number of alkyl halides is 3. The Bertz CT molecular complexity index is 770. The Kier molecular flexibility index (Phi) is 5.56. The molecule has 2 N–H and O–H groups in total. The highest BCUT2D eigenvalue weighted by molar-refractivity contribution is 7.80. The molecule has 0 saturated heterocycles. The lowest BCUT2D eigenvalue weighted by Crippen LogP contribution is -2.24. The monoisotopic (exact) mass is 351 g/mol. The van der Waals surface area contributed by atoms with Crippen molar-refractivity contribution in [3.8, 4) is 0 Å². The number of aryl methyl sites for hydroxylation is 1. The van der Waals surface area contributed by atoms with Crippen molar-refractivity contribution >= 4 is 29.2 Å². The predicted molar refractivity (Wildman–Crippen MR) is 94.3 cm³/mol. The van der Waals surface area contributed by atoms with Gasteiger partial charge in [0.25, 0.3) is 0 Å². The van der Waals surface area contributed by atoms with Crippen LogP contribution in [-0.4, -0.2) is 11.3 Å². The van der Waals surface area contributed by atoms with E-state index in [9.17, 15) is 13.2 Å². The molecule has 126 valence electrons. The van der Waals surface area contributed by atoms with Crippen molar-refractivity contribution in [1.82, 2.24) is 5.43 Å². The molecule has 2 aromatic rings. The van der Waals surface area contributed by atoms with Gasteiger partial charge in [-0.3, -0.25) is 5.43 Å². The van der Waals surface area contributed by atoms with Gasteiger partial charge < -0.3 is 5.32 Å². The molecular weight excluding hydrogens is 335 g/mol. The molecule has 0 fully saturated rings. The van der Waals surface area contributed by atoms with Crippen LogP contribution in [0.3, 0.4) is 0 Å². The van der Waals surface area contributed by atoms with Gasteiger partial charge in [0, 0.05) is 5.69 Å². The number of thiocarbonyl (C=S) groups is 1. The summed E-state index contributed by atoms with van der Waals surface area (Å²) in [5, 5.41) is 7.12. The van der Waals surface area contributed by atoms with Crippen LogP contribution in [0.5, 0.6) is 0 Å². The molecule has 0 atom stereocenters. The first-order valence-corrected chi connectivity index (χ1v) is 7.52. The maximum Gasteiger partial charge on any atom is 0.416 e.